The molecular formula is C15H17BrFNS. The highest BCUT2D eigenvalue weighted by molar-refractivity contribution is 9.11. The number of thiophene rings is 1. The predicted molar refractivity (Wildman–Crippen MR) is 83.3 cm³/mol. The number of benzene rings is 1. The van der Waals surface area contributed by atoms with E-state index < -0.39 is 0 Å². The highest BCUT2D eigenvalue weighted by atomic mass is 79.9. The van der Waals surface area contributed by atoms with E-state index in [4.69, 9.17) is 0 Å². The number of nitrogens with one attached hydrogen (secondary N) is 1. The summed E-state index contributed by atoms with van der Waals surface area (Å²) in [4.78, 5) is 1.32. The molecule has 1 atom stereocenters. The highest BCUT2D eigenvalue weighted by Crippen LogP contribution is 2.26. The molecule has 1 unspecified atom stereocenters. The maximum Gasteiger partial charge on any atom is 0.123 e. The van der Waals surface area contributed by atoms with E-state index >= 15 is 0 Å². The van der Waals surface area contributed by atoms with Gasteiger partial charge >= 0.3 is 0 Å². The van der Waals surface area contributed by atoms with Gasteiger partial charge in [0.25, 0.3) is 0 Å². The van der Waals surface area contributed by atoms with Gasteiger partial charge in [0.2, 0.25) is 0 Å². The summed E-state index contributed by atoms with van der Waals surface area (Å²) >= 11 is 5.23. The third-order valence-corrected chi connectivity index (χ3v) is 4.98. The van der Waals surface area contributed by atoms with Crippen molar-refractivity contribution in [3.63, 3.8) is 0 Å². The van der Waals surface area contributed by atoms with Crippen molar-refractivity contribution in [2.75, 3.05) is 6.54 Å². The Labute approximate surface area is 126 Å². The molecule has 0 saturated heterocycles. The molecule has 0 aliphatic rings. The van der Waals surface area contributed by atoms with E-state index in [2.05, 4.69) is 40.3 Å². The molecule has 19 heavy (non-hydrogen) atoms. The zero-order valence-electron chi connectivity index (χ0n) is 11.0. The molecule has 1 N–H and O–H groups in total. The Bertz CT molecular complexity index is 553. The molecule has 0 amide bonds. The Morgan fingerprint density at radius 3 is 2.74 bits per heavy atom. The van der Waals surface area contributed by atoms with Crippen molar-refractivity contribution >= 4 is 27.3 Å². The van der Waals surface area contributed by atoms with Crippen LogP contribution in [0.15, 0.2) is 34.1 Å². The number of halogens is 2. The average molecular weight is 342 g/mol. The van der Waals surface area contributed by atoms with E-state index in [-0.39, 0.29) is 5.82 Å². The molecule has 0 fully saturated rings. The fourth-order valence-electron chi connectivity index (χ4n) is 2.02. The van der Waals surface area contributed by atoms with Gasteiger partial charge in [0.1, 0.15) is 5.82 Å². The SMILES string of the molecule is Cc1cc(F)ccc1CCNC(C)c1ccc(Br)s1. The van der Waals surface area contributed by atoms with Crippen LogP contribution in [0.1, 0.15) is 29.0 Å². The number of rotatable bonds is 5. The Balaban J connectivity index is 1.86. The first-order valence-corrected chi connectivity index (χ1v) is 7.91. The molecule has 0 aliphatic carbocycles. The lowest BCUT2D eigenvalue weighted by atomic mass is 10.1. The van der Waals surface area contributed by atoms with Gasteiger partial charge in [-0.1, -0.05) is 6.07 Å². The summed E-state index contributed by atoms with van der Waals surface area (Å²) in [6.07, 6.45) is 0.920. The second-order valence-corrected chi connectivity index (χ2v) is 7.13. The molecule has 1 nitrogen and oxygen atoms in total. The van der Waals surface area contributed by atoms with Gasteiger partial charge in [-0.05, 0) is 78.1 Å². The van der Waals surface area contributed by atoms with Crippen molar-refractivity contribution in [1.29, 1.82) is 0 Å². The first kappa shape index (κ1) is 14.7. The summed E-state index contributed by atoms with van der Waals surface area (Å²) < 4.78 is 14.2. The Kier molecular flexibility index (Phi) is 5.13. The standard InChI is InChI=1S/C15H17BrFNS/c1-10-9-13(17)4-3-12(10)7-8-18-11(2)14-5-6-15(16)19-14/h3-6,9,11,18H,7-8H2,1-2H3. The zero-order chi connectivity index (χ0) is 13.8. The number of aryl methyl sites for hydroxylation is 1. The third kappa shape index (κ3) is 4.13. The van der Waals surface area contributed by atoms with Crippen molar-refractivity contribution in [3.8, 4) is 0 Å². The van der Waals surface area contributed by atoms with Gasteiger partial charge in [0.15, 0.2) is 0 Å². The van der Waals surface area contributed by atoms with Gasteiger partial charge in [-0.15, -0.1) is 11.3 Å². The van der Waals surface area contributed by atoms with Crippen molar-refractivity contribution in [2.45, 2.75) is 26.3 Å². The lowest BCUT2D eigenvalue weighted by Crippen LogP contribution is -2.20. The van der Waals surface area contributed by atoms with Crippen LogP contribution in [0.2, 0.25) is 0 Å². The molecule has 2 rings (SSSR count). The minimum Gasteiger partial charge on any atom is -0.309 e. The second-order valence-electron chi connectivity index (χ2n) is 4.64. The van der Waals surface area contributed by atoms with Crippen LogP contribution in [-0.4, -0.2) is 6.54 Å². The van der Waals surface area contributed by atoms with E-state index in [0.29, 0.717) is 6.04 Å². The smallest absolute Gasteiger partial charge is 0.123 e. The van der Waals surface area contributed by atoms with Crippen LogP contribution in [0.25, 0.3) is 0 Å². The molecule has 1 aromatic heterocycles. The fourth-order valence-corrected chi connectivity index (χ4v) is 3.48. The molecule has 102 valence electrons. The minimum absolute atomic E-state index is 0.161. The monoisotopic (exact) mass is 341 g/mol. The van der Waals surface area contributed by atoms with Gasteiger partial charge in [-0.2, -0.15) is 0 Å². The van der Waals surface area contributed by atoms with Gasteiger partial charge in [-0.3, -0.25) is 0 Å². The van der Waals surface area contributed by atoms with Gasteiger partial charge in [-0.25, -0.2) is 4.39 Å². The van der Waals surface area contributed by atoms with Gasteiger partial charge < -0.3 is 5.32 Å². The maximum absolute atomic E-state index is 13.0. The van der Waals surface area contributed by atoms with E-state index in [0.717, 1.165) is 22.3 Å². The van der Waals surface area contributed by atoms with E-state index in [1.807, 2.05) is 13.0 Å². The molecule has 0 bridgehead atoms. The zero-order valence-corrected chi connectivity index (χ0v) is 13.4. The minimum atomic E-state index is -0.161. The van der Waals surface area contributed by atoms with Crippen LogP contribution < -0.4 is 5.32 Å². The molecule has 0 radical (unpaired) electrons. The Hall–Kier alpha value is -0.710. The average Bonchev–Trinajstić information content (AvgIpc) is 2.78. The summed E-state index contributed by atoms with van der Waals surface area (Å²) in [5.74, 6) is -0.161. The van der Waals surface area contributed by atoms with E-state index in [1.54, 1.807) is 17.4 Å². The van der Waals surface area contributed by atoms with Crippen LogP contribution in [-0.2, 0) is 6.42 Å². The van der Waals surface area contributed by atoms with Crippen LogP contribution in [0.5, 0.6) is 0 Å². The molecule has 1 heterocycles. The van der Waals surface area contributed by atoms with Crippen LogP contribution in [0.3, 0.4) is 0 Å². The Morgan fingerprint density at radius 1 is 1.32 bits per heavy atom. The molecule has 2 aromatic rings. The van der Waals surface area contributed by atoms with Crippen LogP contribution in [0, 0.1) is 12.7 Å². The second kappa shape index (κ2) is 6.64. The quantitative estimate of drug-likeness (QED) is 0.819. The topological polar surface area (TPSA) is 12.0 Å². The van der Waals surface area contributed by atoms with Crippen LogP contribution >= 0.6 is 27.3 Å². The van der Waals surface area contributed by atoms with Gasteiger partial charge in [0, 0.05) is 10.9 Å². The van der Waals surface area contributed by atoms with Crippen molar-refractivity contribution < 1.29 is 4.39 Å². The van der Waals surface area contributed by atoms with Crippen molar-refractivity contribution in [2.24, 2.45) is 0 Å². The highest BCUT2D eigenvalue weighted by Gasteiger charge is 2.07. The first-order valence-electron chi connectivity index (χ1n) is 6.30. The maximum atomic E-state index is 13.0. The molecule has 0 saturated carbocycles. The largest absolute Gasteiger partial charge is 0.309 e. The molecular weight excluding hydrogens is 325 g/mol. The third-order valence-electron chi connectivity index (χ3n) is 3.17. The Morgan fingerprint density at radius 2 is 2.11 bits per heavy atom. The summed E-state index contributed by atoms with van der Waals surface area (Å²) in [6.45, 7) is 5.01. The lowest BCUT2D eigenvalue weighted by molar-refractivity contribution is 0.582. The van der Waals surface area contributed by atoms with Crippen molar-refractivity contribution in [1.82, 2.24) is 5.32 Å². The van der Waals surface area contributed by atoms with Gasteiger partial charge in [0.05, 0.1) is 3.79 Å². The molecule has 4 heteroatoms. The van der Waals surface area contributed by atoms with E-state index in [9.17, 15) is 4.39 Å². The number of hydrogen-bond acceptors (Lipinski definition) is 2. The summed E-state index contributed by atoms with van der Waals surface area (Å²) in [5, 5.41) is 3.50. The summed E-state index contributed by atoms with van der Waals surface area (Å²) in [5.41, 5.74) is 2.22. The normalized spacial score (nSPS) is 12.6. The van der Waals surface area contributed by atoms with E-state index in [1.165, 1.54) is 16.5 Å². The van der Waals surface area contributed by atoms with Crippen LogP contribution in [0.4, 0.5) is 4.39 Å². The predicted octanol–water partition coefficient (Wildman–Crippen LogP) is 4.85. The lowest BCUT2D eigenvalue weighted by Gasteiger charge is -2.13. The fraction of sp³-hybridized carbons (Fsp3) is 0.333. The molecule has 0 spiro atoms. The summed E-state index contributed by atoms with van der Waals surface area (Å²) in [6, 6.07) is 9.55. The first-order chi connectivity index (χ1) is 9.06. The molecule has 0 aliphatic heterocycles. The molecule has 1 aromatic carbocycles. The number of hydrogen-bond donors (Lipinski definition) is 1. The summed E-state index contributed by atoms with van der Waals surface area (Å²) in [7, 11) is 0. The van der Waals surface area contributed by atoms with Crippen molar-refractivity contribution in [3.05, 3.63) is 55.9 Å².